The Kier molecular flexibility index (Phi) is 5.02. The van der Waals surface area contributed by atoms with Gasteiger partial charge in [-0.2, -0.15) is 15.1 Å². The number of halogens is 1. The SMILES string of the molecule is Cc1ccccc1OCC1=NN2C(=N)C(=Cc3ccccc3Cl)C(=O)N=C2S1. The molecule has 0 fully saturated rings. The number of hydrazone groups is 1. The first-order chi connectivity index (χ1) is 13.5. The number of thioether (sulfide) groups is 1. The molecule has 0 spiro atoms. The van der Waals surface area contributed by atoms with Gasteiger partial charge in [-0.05, 0) is 48.0 Å². The number of amides is 1. The lowest BCUT2D eigenvalue weighted by Gasteiger charge is -2.20. The fraction of sp³-hybridized carbons (Fsp3) is 0.100. The molecule has 8 heteroatoms. The van der Waals surface area contributed by atoms with Crippen LogP contribution in [0.15, 0.2) is 64.2 Å². The first-order valence-electron chi connectivity index (χ1n) is 8.45. The van der Waals surface area contributed by atoms with Crippen LogP contribution in [0.4, 0.5) is 0 Å². The Hall–Kier alpha value is -2.90. The third-order valence-corrected chi connectivity index (χ3v) is 5.37. The molecule has 2 aromatic rings. The second-order valence-corrected chi connectivity index (χ2v) is 7.54. The van der Waals surface area contributed by atoms with Crippen molar-refractivity contribution >= 4 is 51.4 Å². The zero-order valence-corrected chi connectivity index (χ0v) is 16.4. The average molecular weight is 411 g/mol. The number of para-hydroxylation sites is 1. The highest BCUT2D eigenvalue weighted by atomic mass is 35.5. The van der Waals surface area contributed by atoms with E-state index in [1.165, 1.54) is 16.8 Å². The van der Waals surface area contributed by atoms with Crippen molar-refractivity contribution in [1.82, 2.24) is 5.01 Å². The van der Waals surface area contributed by atoms with Gasteiger partial charge in [-0.25, -0.2) is 0 Å². The molecule has 6 nitrogen and oxygen atoms in total. The van der Waals surface area contributed by atoms with Crippen molar-refractivity contribution in [1.29, 1.82) is 5.41 Å². The summed E-state index contributed by atoms with van der Waals surface area (Å²) in [4.78, 5) is 16.5. The number of rotatable bonds is 4. The number of carbonyl (C=O) groups is 1. The van der Waals surface area contributed by atoms with Crippen molar-refractivity contribution < 1.29 is 9.53 Å². The highest BCUT2D eigenvalue weighted by Gasteiger charge is 2.35. The molecule has 0 saturated heterocycles. The molecule has 140 valence electrons. The van der Waals surface area contributed by atoms with Crippen LogP contribution in [0, 0.1) is 12.3 Å². The fourth-order valence-corrected chi connectivity index (χ4v) is 3.68. The van der Waals surface area contributed by atoms with E-state index in [0.717, 1.165) is 11.3 Å². The lowest BCUT2D eigenvalue weighted by atomic mass is 10.1. The summed E-state index contributed by atoms with van der Waals surface area (Å²) < 4.78 is 5.81. The summed E-state index contributed by atoms with van der Waals surface area (Å²) in [5, 5.41) is 15.6. The van der Waals surface area contributed by atoms with Crippen molar-refractivity contribution in [2.75, 3.05) is 6.61 Å². The molecule has 0 radical (unpaired) electrons. The maximum absolute atomic E-state index is 12.4. The molecule has 2 aromatic carbocycles. The third kappa shape index (κ3) is 3.58. The van der Waals surface area contributed by atoms with Crippen LogP contribution in [-0.2, 0) is 4.79 Å². The minimum absolute atomic E-state index is 0.0340. The largest absolute Gasteiger partial charge is 0.486 e. The summed E-state index contributed by atoms with van der Waals surface area (Å²) in [5.41, 5.74) is 1.81. The lowest BCUT2D eigenvalue weighted by Crippen LogP contribution is -2.35. The maximum Gasteiger partial charge on any atom is 0.283 e. The number of amidine groups is 2. The zero-order chi connectivity index (χ0) is 19.7. The monoisotopic (exact) mass is 410 g/mol. The Morgan fingerprint density at radius 3 is 2.75 bits per heavy atom. The molecule has 2 heterocycles. The van der Waals surface area contributed by atoms with Crippen LogP contribution in [0.25, 0.3) is 6.08 Å². The molecule has 28 heavy (non-hydrogen) atoms. The van der Waals surface area contributed by atoms with E-state index in [4.69, 9.17) is 21.7 Å². The van der Waals surface area contributed by atoms with E-state index in [1.54, 1.807) is 24.3 Å². The number of aryl methyl sites for hydroxylation is 1. The number of benzene rings is 2. The van der Waals surface area contributed by atoms with Crippen LogP contribution in [0.3, 0.4) is 0 Å². The molecule has 0 aromatic heterocycles. The molecule has 2 aliphatic rings. The van der Waals surface area contributed by atoms with E-state index in [0.29, 0.717) is 20.8 Å². The summed E-state index contributed by atoms with van der Waals surface area (Å²) in [6.07, 6.45) is 1.56. The van der Waals surface area contributed by atoms with Crippen LogP contribution < -0.4 is 4.74 Å². The number of carbonyl (C=O) groups excluding carboxylic acids is 1. The second kappa shape index (κ2) is 7.61. The Balaban J connectivity index is 1.55. The quantitative estimate of drug-likeness (QED) is 0.760. The Morgan fingerprint density at radius 1 is 1.21 bits per heavy atom. The Bertz CT molecular complexity index is 1080. The van der Waals surface area contributed by atoms with Gasteiger partial charge in [0.25, 0.3) is 5.91 Å². The number of hydrogen-bond acceptors (Lipinski definition) is 5. The predicted octanol–water partition coefficient (Wildman–Crippen LogP) is 4.35. The zero-order valence-electron chi connectivity index (χ0n) is 14.8. The van der Waals surface area contributed by atoms with E-state index in [1.807, 2.05) is 37.3 Å². The van der Waals surface area contributed by atoms with Crippen LogP contribution in [0.1, 0.15) is 11.1 Å². The second-order valence-electron chi connectivity index (χ2n) is 6.09. The van der Waals surface area contributed by atoms with E-state index in [2.05, 4.69) is 10.1 Å². The van der Waals surface area contributed by atoms with Gasteiger partial charge in [0.1, 0.15) is 17.4 Å². The van der Waals surface area contributed by atoms with E-state index in [-0.39, 0.29) is 18.0 Å². The number of ether oxygens (including phenoxy) is 1. The van der Waals surface area contributed by atoms with Gasteiger partial charge in [0.2, 0.25) is 5.17 Å². The molecule has 0 atom stereocenters. The molecule has 4 rings (SSSR count). The van der Waals surface area contributed by atoms with Gasteiger partial charge in [-0.15, -0.1) is 0 Å². The van der Waals surface area contributed by atoms with Gasteiger partial charge < -0.3 is 4.74 Å². The summed E-state index contributed by atoms with van der Waals surface area (Å²) in [6.45, 7) is 2.20. The van der Waals surface area contributed by atoms with Crippen LogP contribution in [0.5, 0.6) is 5.75 Å². The summed E-state index contributed by atoms with van der Waals surface area (Å²) in [6, 6.07) is 14.8. The van der Waals surface area contributed by atoms with E-state index < -0.39 is 5.91 Å². The van der Waals surface area contributed by atoms with Crippen LogP contribution >= 0.6 is 23.4 Å². The minimum atomic E-state index is -0.486. The van der Waals surface area contributed by atoms with Gasteiger partial charge in [-0.1, -0.05) is 48.0 Å². The van der Waals surface area contributed by atoms with Crippen molar-refractivity contribution in [3.05, 3.63) is 70.3 Å². The fourth-order valence-electron chi connectivity index (χ4n) is 2.70. The summed E-state index contributed by atoms with van der Waals surface area (Å²) >= 11 is 7.39. The first-order valence-corrected chi connectivity index (χ1v) is 9.64. The molecule has 0 unspecified atom stereocenters. The number of nitrogens with one attached hydrogen (secondary N) is 1. The predicted molar refractivity (Wildman–Crippen MR) is 113 cm³/mol. The Morgan fingerprint density at radius 2 is 1.96 bits per heavy atom. The highest BCUT2D eigenvalue weighted by molar-refractivity contribution is 8.27. The number of hydrogen-bond donors (Lipinski definition) is 1. The van der Waals surface area contributed by atoms with E-state index in [9.17, 15) is 4.79 Å². The van der Waals surface area contributed by atoms with Gasteiger partial charge in [0.05, 0.1) is 5.57 Å². The first kappa shape index (κ1) is 18.5. The van der Waals surface area contributed by atoms with Crippen LogP contribution in [0.2, 0.25) is 5.02 Å². The molecule has 0 saturated carbocycles. The highest BCUT2D eigenvalue weighted by Crippen LogP contribution is 2.29. The minimum Gasteiger partial charge on any atom is -0.486 e. The summed E-state index contributed by atoms with van der Waals surface area (Å²) in [5.74, 6) is 0.247. The molecular formula is C20H15ClN4O2S. The molecule has 1 N–H and O–H groups in total. The van der Waals surface area contributed by atoms with Crippen molar-refractivity contribution in [2.24, 2.45) is 10.1 Å². The van der Waals surface area contributed by atoms with Crippen LogP contribution in [-0.4, -0.2) is 33.6 Å². The van der Waals surface area contributed by atoms with Crippen molar-refractivity contribution in [3.63, 3.8) is 0 Å². The molecule has 0 aliphatic carbocycles. The van der Waals surface area contributed by atoms with Gasteiger partial charge in [0, 0.05) is 5.02 Å². The van der Waals surface area contributed by atoms with Gasteiger partial charge in [-0.3, -0.25) is 10.2 Å². The van der Waals surface area contributed by atoms with Gasteiger partial charge in [0.15, 0.2) is 5.84 Å². The average Bonchev–Trinajstić information content (AvgIpc) is 3.09. The van der Waals surface area contributed by atoms with E-state index >= 15 is 0 Å². The number of nitrogens with zero attached hydrogens (tertiary/aromatic N) is 3. The standard InChI is InChI=1S/C20H15ClN4O2S/c1-12-6-2-5-9-16(12)27-11-17-24-25-18(22)14(19(26)23-20(25)28-17)10-13-7-3-4-8-15(13)21/h2-10,22H,11H2,1H3. The molecular weight excluding hydrogens is 396 g/mol. The smallest absolute Gasteiger partial charge is 0.283 e. The third-order valence-electron chi connectivity index (χ3n) is 4.15. The maximum atomic E-state index is 12.4. The number of aliphatic imine (C=N–C) groups is 1. The Labute approximate surface area is 171 Å². The number of fused-ring (bicyclic) bond motifs is 1. The molecule has 0 bridgehead atoms. The lowest BCUT2D eigenvalue weighted by molar-refractivity contribution is -0.114. The molecule has 2 aliphatic heterocycles. The molecule has 1 amide bonds. The topological polar surface area (TPSA) is 78.1 Å². The van der Waals surface area contributed by atoms with Crippen molar-refractivity contribution in [2.45, 2.75) is 6.92 Å². The van der Waals surface area contributed by atoms with Crippen molar-refractivity contribution in [3.8, 4) is 5.75 Å². The normalized spacial score (nSPS) is 17.5. The van der Waals surface area contributed by atoms with Gasteiger partial charge >= 0.3 is 0 Å². The summed E-state index contributed by atoms with van der Waals surface area (Å²) in [7, 11) is 0.